The molecule has 0 unspecified atom stereocenters. The minimum Gasteiger partial charge on any atom is -0.462 e. The van der Waals surface area contributed by atoms with Gasteiger partial charge in [-0.15, -0.1) is 0 Å². The lowest BCUT2D eigenvalue weighted by atomic mass is 9.89. The van der Waals surface area contributed by atoms with E-state index in [4.69, 9.17) is 37.3 Å². The molecule has 2 aliphatic rings. The van der Waals surface area contributed by atoms with Crippen LogP contribution in [0.25, 0.3) is 21.9 Å². The number of fused-ring (bicyclic) bond motifs is 2. The van der Waals surface area contributed by atoms with E-state index >= 15 is 0 Å². The van der Waals surface area contributed by atoms with Crippen molar-refractivity contribution in [2.45, 2.75) is 115 Å². The molecule has 4 heterocycles. The van der Waals surface area contributed by atoms with Crippen molar-refractivity contribution in [2.24, 2.45) is 0 Å². The van der Waals surface area contributed by atoms with E-state index < -0.39 is 83.5 Å². The van der Waals surface area contributed by atoms with Crippen LogP contribution in [0.2, 0.25) is 0 Å². The lowest BCUT2D eigenvalue weighted by Crippen LogP contribution is -2.63. The summed E-state index contributed by atoms with van der Waals surface area (Å²) in [4.78, 5) is 51.2. The molecule has 0 saturated carbocycles. The van der Waals surface area contributed by atoms with E-state index in [1.54, 1.807) is 65.8 Å². The zero-order valence-corrected chi connectivity index (χ0v) is 34.3. The molecule has 18 heteroatoms. The summed E-state index contributed by atoms with van der Waals surface area (Å²) in [7, 11) is 2.81. The molecular weight excluding hydrogens is 788 g/mol. The number of methoxy groups -OCH3 is 2. The van der Waals surface area contributed by atoms with Gasteiger partial charge >= 0.3 is 11.3 Å². The van der Waals surface area contributed by atoms with Crippen LogP contribution in [0.3, 0.4) is 0 Å². The number of rotatable bonds is 12. The number of aliphatic hydroxyl groups excluding tert-OH is 4. The highest BCUT2D eigenvalue weighted by molar-refractivity contribution is 5.95. The van der Waals surface area contributed by atoms with E-state index in [9.17, 15) is 39.6 Å². The first-order valence-electron chi connectivity index (χ1n) is 19.1. The number of benzene rings is 2. The van der Waals surface area contributed by atoms with Crippen molar-refractivity contribution in [3.63, 3.8) is 0 Å². The lowest BCUT2D eigenvalue weighted by Gasteiger charge is -2.46. The summed E-state index contributed by atoms with van der Waals surface area (Å²) in [6.45, 7) is 10.1. The Balaban J connectivity index is 1.03. The van der Waals surface area contributed by atoms with E-state index in [0.29, 0.717) is 21.9 Å². The number of anilines is 2. The number of nitrogens with one attached hydrogen (secondary N) is 2. The summed E-state index contributed by atoms with van der Waals surface area (Å²) >= 11 is 0. The predicted molar refractivity (Wildman–Crippen MR) is 215 cm³/mol. The summed E-state index contributed by atoms with van der Waals surface area (Å²) in [5.41, 5.74) is -2.71. The van der Waals surface area contributed by atoms with Gasteiger partial charge in [-0.1, -0.05) is 12.2 Å². The Labute approximate surface area is 343 Å². The third kappa shape index (κ3) is 8.96. The smallest absolute Gasteiger partial charge is 0.360 e. The van der Waals surface area contributed by atoms with E-state index in [1.165, 1.54) is 38.5 Å². The molecule has 2 aromatic carbocycles. The Kier molecular flexibility index (Phi) is 12.9. The average Bonchev–Trinajstić information content (AvgIpc) is 3.18. The van der Waals surface area contributed by atoms with Crippen LogP contribution in [0.5, 0.6) is 11.5 Å². The molecule has 2 aliphatic heterocycles. The van der Waals surface area contributed by atoms with Gasteiger partial charge in [0.15, 0.2) is 0 Å². The standard InChI is InChI=1S/C42H50N2O16/c1-19-25(55-39-31(49)29(47)35(53-7)41(3,4)59-39)15-13-21-17-23(37(51)57-33(19)21)43-27(45)11-9-10-12-28(46)44-24-18-22-14-16-26(20(2)34(22)58-38(24)52)56-40-32(50)30(48)36(54-8)42(5,6)60-40/h9-10,13-18,29-32,35-36,39-40,47-50H,11-12H2,1-8H3,(H,43,45)(H,44,46)/b10-9+/t29-,30-,31+,32+,35+,36+,39+,40+/m0/s1. The van der Waals surface area contributed by atoms with Gasteiger partial charge in [0, 0.05) is 49.0 Å². The number of aryl methyl sites for hydroxylation is 2. The molecule has 2 amide bonds. The van der Waals surface area contributed by atoms with Gasteiger partial charge in [0.2, 0.25) is 24.4 Å². The molecule has 60 heavy (non-hydrogen) atoms. The van der Waals surface area contributed by atoms with Gasteiger partial charge in [-0.2, -0.15) is 0 Å². The zero-order chi connectivity index (χ0) is 43.8. The molecule has 4 aromatic rings. The SMILES string of the molecule is CO[C@@H]1[C@@H](O)[C@@H](O)[C@H](Oc2ccc3cc(NC(=O)C/C=C/CC(=O)Nc4cc5ccc(O[C@@H]6OC(C)(C)[C@H](OC)[C@@H](O)[C@H]6O)c(C)c5oc4=O)c(=O)oc3c2C)OC1(C)C. The number of carbonyl (C=O) groups is 2. The second kappa shape index (κ2) is 17.4. The van der Waals surface area contributed by atoms with Crippen molar-refractivity contribution in [3.8, 4) is 11.5 Å². The average molecular weight is 839 g/mol. The number of aliphatic hydroxyl groups is 4. The normalized spacial score (nSPS) is 26.3. The number of amides is 2. The first-order chi connectivity index (χ1) is 28.3. The van der Waals surface area contributed by atoms with Crippen LogP contribution in [-0.2, 0) is 28.5 Å². The van der Waals surface area contributed by atoms with Gasteiger partial charge in [-0.05, 0) is 77.9 Å². The van der Waals surface area contributed by atoms with Crippen molar-refractivity contribution >= 4 is 45.1 Å². The summed E-state index contributed by atoms with van der Waals surface area (Å²) in [6.07, 6.45) is -7.10. The topological polar surface area (TPSA) is 255 Å². The van der Waals surface area contributed by atoms with E-state index in [2.05, 4.69) is 10.6 Å². The van der Waals surface area contributed by atoms with Crippen LogP contribution in [0, 0.1) is 13.8 Å². The van der Waals surface area contributed by atoms with Crippen LogP contribution < -0.4 is 31.4 Å². The molecule has 6 N–H and O–H groups in total. The van der Waals surface area contributed by atoms with Crippen LogP contribution >= 0.6 is 0 Å². The molecule has 8 atom stereocenters. The van der Waals surface area contributed by atoms with E-state index in [1.807, 2.05) is 0 Å². The third-order valence-corrected chi connectivity index (χ3v) is 10.6. The highest BCUT2D eigenvalue weighted by atomic mass is 16.7. The predicted octanol–water partition coefficient (Wildman–Crippen LogP) is 2.93. The molecule has 0 spiro atoms. The minimum atomic E-state index is -1.43. The molecule has 6 rings (SSSR count). The first-order valence-corrected chi connectivity index (χ1v) is 19.1. The summed E-state index contributed by atoms with van der Waals surface area (Å²) < 4.78 is 45.3. The van der Waals surface area contributed by atoms with E-state index in [0.717, 1.165) is 0 Å². The van der Waals surface area contributed by atoms with Gasteiger partial charge in [0.1, 0.15) is 70.7 Å². The van der Waals surface area contributed by atoms with E-state index in [-0.39, 0.29) is 46.9 Å². The maximum Gasteiger partial charge on any atom is 0.360 e. The minimum absolute atomic E-state index is 0.118. The van der Waals surface area contributed by atoms with Crippen molar-refractivity contribution in [1.82, 2.24) is 0 Å². The fraction of sp³-hybridized carbons (Fsp3) is 0.476. The lowest BCUT2D eigenvalue weighted by molar-refractivity contribution is -0.306. The molecule has 2 aromatic heterocycles. The largest absolute Gasteiger partial charge is 0.462 e. The fourth-order valence-corrected chi connectivity index (χ4v) is 7.48. The molecule has 0 bridgehead atoms. The van der Waals surface area contributed by atoms with Crippen molar-refractivity contribution < 1.29 is 67.3 Å². The Morgan fingerprint density at radius 1 is 0.650 bits per heavy atom. The molecular formula is C42H50N2O16. The van der Waals surface area contributed by atoms with Gasteiger partial charge < -0.3 is 68.3 Å². The second-order valence-electron chi connectivity index (χ2n) is 15.8. The molecule has 2 fully saturated rings. The van der Waals surface area contributed by atoms with Gasteiger partial charge in [0.25, 0.3) is 0 Å². The number of hydrogen-bond donors (Lipinski definition) is 6. The highest BCUT2D eigenvalue weighted by Crippen LogP contribution is 2.37. The second-order valence-corrected chi connectivity index (χ2v) is 15.8. The summed E-state index contributed by atoms with van der Waals surface area (Å²) in [6, 6.07) is 9.23. The van der Waals surface area contributed by atoms with Gasteiger partial charge in [-0.3, -0.25) is 9.59 Å². The number of carbonyl (C=O) groups excluding carboxylic acids is 2. The Morgan fingerprint density at radius 3 is 1.37 bits per heavy atom. The number of hydrogen-bond acceptors (Lipinski definition) is 16. The van der Waals surface area contributed by atoms with Crippen LogP contribution in [0.15, 0.2) is 67.0 Å². The van der Waals surface area contributed by atoms with Crippen molar-refractivity contribution in [3.05, 3.63) is 80.5 Å². The Morgan fingerprint density at radius 2 is 1.02 bits per heavy atom. The quantitative estimate of drug-likeness (QED) is 0.0886. The molecule has 0 radical (unpaired) electrons. The zero-order valence-electron chi connectivity index (χ0n) is 34.3. The van der Waals surface area contributed by atoms with Gasteiger partial charge in [0.05, 0.1) is 11.2 Å². The fourth-order valence-electron chi connectivity index (χ4n) is 7.48. The van der Waals surface area contributed by atoms with Crippen LogP contribution in [0.4, 0.5) is 11.4 Å². The van der Waals surface area contributed by atoms with Crippen molar-refractivity contribution in [2.75, 3.05) is 24.9 Å². The number of ether oxygens (including phenoxy) is 6. The Bertz CT molecular complexity index is 2240. The molecule has 2 saturated heterocycles. The maximum atomic E-state index is 12.9. The molecule has 324 valence electrons. The maximum absolute atomic E-state index is 12.9. The summed E-state index contributed by atoms with van der Waals surface area (Å²) in [5, 5.41) is 48.4. The third-order valence-electron chi connectivity index (χ3n) is 10.6. The van der Waals surface area contributed by atoms with Crippen LogP contribution in [0.1, 0.15) is 51.7 Å². The van der Waals surface area contributed by atoms with Gasteiger partial charge in [-0.25, -0.2) is 9.59 Å². The van der Waals surface area contributed by atoms with Crippen molar-refractivity contribution in [1.29, 1.82) is 0 Å². The highest BCUT2D eigenvalue weighted by Gasteiger charge is 2.51. The monoisotopic (exact) mass is 838 g/mol. The Hall–Kier alpha value is -5.18. The molecule has 0 aliphatic carbocycles. The first kappa shape index (κ1) is 44.4. The van der Waals surface area contributed by atoms with Crippen LogP contribution in [-0.4, -0.2) is 107 Å². The molecule has 18 nitrogen and oxygen atoms in total. The summed E-state index contributed by atoms with van der Waals surface area (Å²) in [5.74, 6) is -0.660.